The van der Waals surface area contributed by atoms with Crippen molar-refractivity contribution in [3.8, 4) is 5.82 Å². The number of fused-ring (bicyclic) bond motifs is 3. The fourth-order valence-corrected chi connectivity index (χ4v) is 5.50. The lowest BCUT2D eigenvalue weighted by Gasteiger charge is -2.36. The maximum Gasteiger partial charge on any atom is 0.232 e. The normalized spacial score (nSPS) is 15.8. The number of hydrogen-bond acceptors (Lipinski definition) is 7. The quantitative estimate of drug-likeness (QED) is 0.323. The lowest BCUT2D eigenvalue weighted by atomic mass is 10.0. The molecule has 1 N–H and O–H groups in total. The number of nitrogens with zero attached hydrogens (tertiary/aromatic N) is 7. The van der Waals surface area contributed by atoms with Gasteiger partial charge in [-0.3, -0.25) is 4.79 Å². The first-order valence-electron chi connectivity index (χ1n) is 12.0. The summed E-state index contributed by atoms with van der Waals surface area (Å²) in [6, 6.07) is 1.63. The van der Waals surface area contributed by atoms with Crippen molar-refractivity contribution in [3.05, 3.63) is 57.9 Å². The van der Waals surface area contributed by atoms with Gasteiger partial charge in [0.25, 0.3) is 0 Å². The average Bonchev–Trinajstić information content (AvgIpc) is 3.55. The van der Waals surface area contributed by atoms with Crippen LogP contribution in [0.5, 0.6) is 0 Å². The van der Waals surface area contributed by atoms with Gasteiger partial charge >= 0.3 is 0 Å². The van der Waals surface area contributed by atoms with E-state index in [2.05, 4.69) is 64.4 Å². The molecule has 4 aromatic heterocycles. The van der Waals surface area contributed by atoms with E-state index < -0.39 is 8.32 Å². The monoisotopic (exact) mass is 558 g/mol. The molecule has 194 valence electrons. The molecular weight excluding hydrogens is 531 g/mol. The highest BCUT2D eigenvalue weighted by molar-refractivity contribution is 6.74. The number of rotatable bonds is 6. The third kappa shape index (κ3) is 4.76. The van der Waals surface area contributed by atoms with E-state index >= 15 is 0 Å². The van der Waals surface area contributed by atoms with Gasteiger partial charge in [0.05, 0.1) is 53.1 Å². The number of carbonyl (C=O) groups is 1. The van der Waals surface area contributed by atoms with E-state index in [9.17, 15) is 4.79 Å². The van der Waals surface area contributed by atoms with Crippen LogP contribution < -0.4 is 5.32 Å². The van der Waals surface area contributed by atoms with Crippen LogP contribution in [0.15, 0.2) is 30.9 Å². The fourth-order valence-electron chi connectivity index (χ4n) is 4.11. The van der Waals surface area contributed by atoms with Crippen molar-refractivity contribution >= 4 is 48.8 Å². The van der Waals surface area contributed by atoms with Crippen LogP contribution >= 0.6 is 23.2 Å². The molecule has 37 heavy (non-hydrogen) atoms. The molecule has 5 rings (SSSR count). The van der Waals surface area contributed by atoms with Crippen molar-refractivity contribution in [3.63, 3.8) is 0 Å². The van der Waals surface area contributed by atoms with Crippen molar-refractivity contribution in [1.29, 1.82) is 0 Å². The number of halogens is 2. The zero-order valence-electron chi connectivity index (χ0n) is 21.3. The van der Waals surface area contributed by atoms with Gasteiger partial charge in [0, 0.05) is 11.8 Å². The molecule has 0 aliphatic heterocycles. The largest absolute Gasteiger partial charge is 0.412 e. The number of pyridine rings is 1. The highest BCUT2D eigenvalue weighted by Crippen LogP contribution is 2.39. The smallest absolute Gasteiger partial charge is 0.232 e. The van der Waals surface area contributed by atoms with Crippen LogP contribution in [0.4, 0.5) is 5.69 Å². The Balaban J connectivity index is 1.36. The first-order valence-corrected chi connectivity index (χ1v) is 15.6. The molecule has 13 heteroatoms. The summed E-state index contributed by atoms with van der Waals surface area (Å²) in [6.45, 7) is 11.3. The van der Waals surface area contributed by atoms with E-state index in [4.69, 9.17) is 27.6 Å². The Morgan fingerprint density at radius 3 is 2.59 bits per heavy atom. The molecule has 0 fully saturated rings. The molecule has 1 aliphatic carbocycles. The van der Waals surface area contributed by atoms with E-state index in [0.717, 1.165) is 16.8 Å². The van der Waals surface area contributed by atoms with E-state index in [1.165, 1.54) is 23.4 Å². The summed E-state index contributed by atoms with van der Waals surface area (Å²) in [5.74, 6) is -0.165. The number of aryl methyl sites for hydroxylation is 1. The van der Waals surface area contributed by atoms with Gasteiger partial charge in [-0.25, -0.2) is 14.5 Å². The van der Waals surface area contributed by atoms with E-state index in [0.29, 0.717) is 46.8 Å². The van der Waals surface area contributed by atoms with Gasteiger partial charge in [-0.2, -0.15) is 15.3 Å². The molecule has 0 saturated heterocycles. The van der Waals surface area contributed by atoms with Crippen molar-refractivity contribution in [2.75, 3.05) is 5.32 Å². The summed E-state index contributed by atoms with van der Waals surface area (Å²) in [4.78, 5) is 23.5. The maximum absolute atomic E-state index is 13.2. The fraction of sp³-hybridized carbons (Fsp3) is 0.417. The van der Waals surface area contributed by atoms with Crippen LogP contribution in [0.1, 0.15) is 49.9 Å². The molecule has 4 aromatic rings. The maximum atomic E-state index is 13.2. The Hall–Kier alpha value is -2.86. The zero-order chi connectivity index (χ0) is 26.5. The topological polar surface area (TPSA) is 112 Å². The van der Waals surface area contributed by atoms with Crippen molar-refractivity contribution in [2.45, 2.75) is 64.3 Å². The molecule has 1 atom stereocenters. The summed E-state index contributed by atoms with van der Waals surface area (Å²) in [6.07, 6.45) is 7.66. The van der Waals surface area contributed by atoms with Crippen LogP contribution in [-0.2, 0) is 22.2 Å². The number of nitrogens with one attached hydrogen (secondary N) is 1. The highest BCUT2D eigenvalue weighted by atomic mass is 35.5. The zero-order valence-corrected chi connectivity index (χ0v) is 23.8. The van der Waals surface area contributed by atoms with Crippen LogP contribution in [0.3, 0.4) is 0 Å². The number of amides is 1. The minimum absolute atomic E-state index is 0.0772. The van der Waals surface area contributed by atoms with Gasteiger partial charge in [-0.05, 0) is 37.0 Å². The molecular formula is C24H28Cl2N8O2Si. The van der Waals surface area contributed by atoms with E-state index in [1.807, 2.05) is 0 Å². The molecule has 1 amide bonds. The van der Waals surface area contributed by atoms with Crippen molar-refractivity contribution < 1.29 is 9.22 Å². The Morgan fingerprint density at radius 2 is 1.92 bits per heavy atom. The second-order valence-corrected chi connectivity index (χ2v) is 16.2. The Kier molecular flexibility index (Phi) is 6.59. The van der Waals surface area contributed by atoms with Crippen LogP contribution in [0.25, 0.3) is 11.5 Å². The Labute approximate surface area is 225 Å². The molecule has 10 nitrogen and oxygen atoms in total. The molecule has 0 bridgehead atoms. The standard InChI is InChI=1S/C24H28Cl2N8O2Si/c1-24(2,3)37(4,5)36-13-17-20(26)32-33-19-7-6-15(16(19)12-28-21(17)33)23(35)31-14-10-18(25)22(27-11-14)34-29-8-9-30-34/h8-12,15H,6-7,13H2,1-5H3,(H,31,35). The van der Waals surface area contributed by atoms with Gasteiger partial charge < -0.3 is 9.74 Å². The first kappa shape index (κ1) is 25.8. The number of aromatic nitrogens is 7. The minimum atomic E-state index is -1.98. The molecule has 0 radical (unpaired) electrons. The lowest BCUT2D eigenvalue weighted by Crippen LogP contribution is -2.40. The van der Waals surface area contributed by atoms with Gasteiger partial charge in [0.2, 0.25) is 5.91 Å². The average molecular weight is 560 g/mol. The number of carbonyl (C=O) groups excluding carboxylic acids is 1. The number of hydrogen-bond donors (Lipinski definition) is 1. The third-order valence-corrected chi connectivity index (χ3v) is 12.3. The lowest BCUT2D eigenvalue weighted by molar-refractivity contribution is -0.117. The summed E-state index contributed by atoms with van der Waals surface area (Å²) in [5.41, 5.74) is 3.69. The number of anilines is 1. The molecule has 0 saturated carbocycles. The third-order valence-electron chi connectivity index (χ3n) is 7.26. The predicted octanol–water partition coefficient (Wildman–Crippen LogP) is 5.20. The first-order chi connectivity index (χ1) is 17.5. The molecule has 1 unspecified atom stereocenters. The van der Waals surface area contributed by atoms with Crippen molar-refractivity contribution in [2.24, 2.45) is 0 Å². The summed E-state index contributed by atoms with van der Waals surface area (Å²) >= 11 is 12.9. The van der Waals surface area contributed by atoms with Crippen molar-refractivity contribution in [1.82, 2.24) is 34.6 Å². The molecule has 0 spiro atoms. The van der Waals surface area contributed by atoms with Crippen LogP contribution in [0.2, 0.25) is 28.3 Å². The van der Waals surface area contributed by atoms with Gasteiger partial charge in [0.1, 0.15) is 0 Å². The Bertz CT molecular complexity index is 1480. The second kappa shape index (κ2) is 9.46. The molecule has 0 aromatic carbocycles. The minimum Gasteiger partial charge on any atom is -0.412 e. The van der Waals surface area contributed by atoms with E-state index in [1.54, 1.807) is 16.8 Å². The van der Waals surface area contributed by atoms with Gasteiger partial charge in [-0.1, -0.05) is 44.0 Å². The SMILES string of the molecule is CC(C)(C)[Si](C)(C)OCc1c(Cl)nn2c3c(cnc12)C(C(=O)Nc1cnc(-n2nccn2)c(Cl)c1)CC3. The molecule has 4 heterocycles. The summed E-state index contributed by atoms with van der Waals surface area (Å²) in [7, 11) is -1.98. The predicted molar refractivity (Wildman–Crippen MR) is 144 cm³/mol. The Morgan fingerprint density at radius 1 is 1.19 bits per heavy atom. The van der Waals surface area contributed by atoms with E-state index in [-0.39, 0.29) is 16.9 Å². The summed E-state index contributed by atoms with van der Waals surface area (Å²) in [5, 5.41) is 16.3. The van der Waals surface area contributed by atoms with Crippen LogP contribution in [-0.4, -0.2) is 48.8 Å². The second-order valence-electron chi connectivity index (χ2n) is 10.6. The molecule has 1 aliphatic rings. The summed E-state index contributed by atoms with van der Waals surface area (Å²) < 4.78 is 8.15. The highest BCUT2D eigenvalue weighted by Gasteiger charge is 2.38. The van der Waals surface area contributed by atoms with Gasteiger partial charge in [0.15, 0.2) is 24.9 Å². The van der Waals surface area contributed by atoms with Crippen LogP contribution in [0, 0.1) is 0 Å². The van der Waals surface area contributed by atoms with Gasteiger partial charge in [-0.15, -0.1) is 4.80 Å².